The van der Waals surface area contributed by atoms with Crippen LogP contribution in [0.4, 0.5) is 0 Å². The summed E-state index contributed by atoms with van der Waals surface area (Å²) in [5.74, 6) is 1.71. The fraction of sp³-hybridized carbons (Fsp3) is 0.385. The zero-order chi connectivity index (χ0) is 13.7. The molecule has 2 rings (SSSR count). The molecule has 0 radical (unpaired) electrons. The summed E-state index contributed by atoms with van der Waals surface area (Å²) in [6.07, 6.45) is 0. The van der Waals surface area contributed by atoms with Gasteiger partial charge >= 0.3 is 0 Å². The summed E-state index contributed by atoms with van der Waals surface area (Å²) in [6, 6.07) is 7.82. The van der Waals surface area contributed by atoms with E-state index in [4.69, 9.17) is 10.1 Å². The van der Waals surface area contributed by atoms with E-state index in [2.05, 4.69) is 20.9 Å². The third-order valence-corrected chi connectivity index (χ3v) is 2.89. The van der Waals surface area contributed by atoms with Gasteiger partial charge in [-0.2, -0.15) is 0 Å². The van der Waals surface area contributed by atoms with Crippen LogP contribution in [-0.4, -0.2) is 32.1 Å². The quantitative estimate of drug-likeness (QED) is 0.480. The second kappa shape index (κ2) is 6.08. The lowest BCUT2D eigenvalue weighted by Crippen LogP contribution is -2.45. The van der Waals surface area contributed by atoms with E-state index >= 15 is 0 Å². The van der Waals surface area contributed by atoms with Crippen LogP contribution in [0.3, 0.4) is 0 Å². The molecule has 0 bridgehead atoms. The zero-order valence-electron chi connectivity index (χ0n) is 11.2. The first kappa shape index (κ1) is 13.2. The highest BCUT2D eigenvalue weighted by Crippen LogP contribution is 2.16. The van der Waals surface area contributed by atoms with Gasteiger partial charge in [-0.05, 0) is 24.6 Å². The molecule has 4 N–H and O–H groups in total. The molecule has 1 aromatic carbocycles. The van der Waals surface area contributed by atoms with Crippen molar-refractivity contribution in [1.82, 2.24) is 16.0 Å². The smallest absolute Gasteiger partial charge is 0.198 e. The van der Waals surface area contributed by atoms with E-state index in [1.54, 1.807) is 7.11 Å². The Kier molecular flexibility index (Phi) is 4.22. The Morgan fingerprint density at radius 2 is 2.16 bits per heavy atom. The maximum atomic E-state index is 7.84. The molecule has 102 valence electrons. The molecule has 0 aliphatic carbocycles. The molecule has 1 heterocycles. The van der Waals surface area contributed by atoms with Gasteiger partial charge in [0.15, 0.2) is 11.9 Å². The van der Waals surface area contributed by atoms with Crippen molar-refractivity contribution < 1.29 is 4.74 Å². The summed E-state index contributed by atoms with van der Waals surface area (Å²) in [7, 11) is 1.64. The zero-order valence-corrected chi connectivity index (χ0v) is 11.2. The highest BCUT2D eigenvalue weighted by atomic mass is 16.5. The number of benzene rings is 1. The number of hydrogen-bond donors (Lipinski definition) is 4. The Balaban J connectivity index is 1.88. The van der Waals surface area contributed by atoms with E-state index in [9.17, 15) is 0 Å². The van der Waals surface area contributed by atoms with Crippen molar-refractivity contribution in [3.05, 3.63) is 29.8 Å². The van der Waals surface area contributed by atoms with Crippen molar-refractivity contribution in [2.45, 2.75) is 13.0 Å². The molecule has 0 aromatic heterocycles. The monoisotopic (exact) mass is 261 g/mol. The van der Waals surface area contributed by atoms with Gasteiger partial charge in [0.25, 0.3) is 0 Å². The molecule has 1 aromatic rings. The van der Waals surface area contributed by atoms with Gasteiger partial charge in [0, 0.05) is 6.54 Å². The summed E-state index contributed by atoms with van der Waals surface area (Å²) < 4.78 is 5.12. The molecule has 0 fully saturated rings. The van der Waals surface area contributed by atoms with Crippen molar-refractivity contribution in [1.29, 1.82) is 5.41 Å². The fourth-order valence-electron chi connectivity index (χ4n) is 1.83. The largest absolute Gasteiger partial charge is 0.497 e. The van der Waals surface area contributed by atoms with Crippen LogP contribution in [0.2, 0.25) is 0 Å². The van der Waals surface area contributed by atoms with Crippen LogP contribution in [0.15, 0.2) is 29.3 Å². The molecule has 0 saturated heterocycles. The number of rotatable bonds is 3. The molecule has 0 spiro atoms. The van der Waals surface area contributed by atoms with Crippen LogP contribution in [-0.2, 0) is 0 Å². The SMILES string of the molecule is COc1ccc(C(C)NC(=N)NC2=NCCN2)cc1. The van der Waals surface area contributed by atoms with Gasteiger partial charge in [0.1, 0.15) is 5.75 Å². The highest BCUT2D eigenvalue weighted by molar-refractivity contribution is 5.97. The number of nitrogens with zero attached hydrogens (tertiary/aromatic N) is 1. The Bertz CT molecular complexity index is 468. The molecule has 19 heavy (non-hydrogen) atoms. The van der Waals surface area contributed by atoms with Crippen molar-refractivity contribution in [2.75, 3.05) is 20.2 Å². The lowest BCUT2D eigenvalue weighted by Gasteiger charge is -2.17. The summed E-state index contributed by atoms with van der Waals surface area (Å²) in [5, 5.41) is 16.9. The molecule has 1 atom stereocenters. The number of guanidine groups is 2. The molecule has 1 aliphatic rings. The van der Waals surface area contributed by atoms with Gasteiger partial charge in [-0.3, -0.25) is 15.7 Å². The molecule has 6 nitrogen and oxygen atoms in total. The van der Waals surface area contributed by atoms with Crippen LogP contribution >= 0.6 is 0 Å². The van der Waals surface area contributed by atoms with E-state index in [-0.39, 0.29) is 12.0 Å². The third-order valence-electron chi connectivity index (χ3n) is 2.89. The second-order valence-electron chi connectivity index (χ2n) is 4.30. The molecule has 0 saturated carbocycles. The Morgan fingerprint density at radius 1 is 1.42 bits per heavy atom. The first-order valence-corrected chi connectivity index (χ1v) is 6.23. The number of hydrogen-bond acceptors (Lipinski definition) is 4. The third kappa shape index (κ3) is 3.61. The maximum Gasteiger partial charge on any atom is 0.198 e. The van der Waals surface area contributed by atoms with Crippen LogP contribution in [0.25, 0.3) is 0 Å². The van der Waals surface area contributed by atoms with Crippen molar-refractivity contribution in [2.24, 2.45) is 4.99 Å². The molecule has 0 amide bonds. The Morgan fingerprint density at radius 3 is 2.74 bits per heavy atom. The van der Waals surface area contributed by atoms with E-state index < -0.39 is 0 Å². The van der Waals surface area contributed by atoms with Gasteiger partial charge < -0.3 is 15.4 Å². The first-order chi connectivity index (χ1) is 9.19. The van der Waals surface area contributed by atoms with E-state index in [1.807, 2.05) is 31.2 Å². The normalized spacial score (nSPS) is 15.2. The van der Waals surface area contributed by atoms with Crippen molar-refractivity contribution >= 4 is 11.9 Å². The Labute approximate surface area is 112 Å². The van der Waals surface area contributed by atoms with Crippen molar-refractivity contribution in [3.8, 4) is 5.75 Å². The maximum absolute atomic E-state index is 7.84. The van der Waals surface area contributed by atoms with E-state index in [0.717, 1.165) is 24.4 Å². The number of methoxy groups -OCH3 is 1. The molecule has 1 unspecified atom stereocenters. The topological polar surface area (TPSA) is 81.5 Å². The lowest BCUT2D eigenvalue weighted by atomic mass is 10.1. The number of nitrogens with one attached hydrogen (secondary N) is 4. The van der Waals surface area contributed by atoms with Gasteiger partial charge in [-0.25, -0.2) is 0 Å². The fourth-order valence-corrected chi connectivity index (χ4v) is 1.83. The van der Waals surface area contributed by atoms with Crippen molar-refractivity contribution in [3.63, 3.8) is 0 Å². The van der Waals surface area contributed by atoms with Crippen LogP contribution in [0.5, 0.6) is 5.75 Å². The highest BCUT2D eigenvalue weighted by Gasteiger charge is 2.10. The average molecular weight is 261 g/mol. The number of aliphatic imine (C=N–C) groups is 1. The summed E-state index contributed by atoms with van der Waals surface area (Å²) in [4.78, 5) is 4.18. The minimum atomic E-state index is 0.0351. The molecule has 1 aliphatic heterocycles. The van der Waals surface area contributed by atoms with Gasteiger partial charge in [-0.15, -0.1) is 0 Å². The van der Waals surface area contributed by atoms with Crippen LogP contribution < -0.4 is 20.7 Å². The summed E-state index contributed by atoms with van der Waals surface area (Å²) >= 11 is 0. The van der Waals surface area contributed by atoms with Gasteiger partial charge in [-0.1, -0.05) is 12.1 Å². The predicted molar refractivity (Wildman–Crippen MR) is 75.7 cm³/mol. The van der Waals surface area contributed by atoms with E-state index in [0.29, 0.717) is 5.96 Å². The molecular weight excluding hydrogens is 242 g/mol. The van der Waals surface area contributed by atoms with Crippen LogP contribution in [0, 0.1) is 5.41 Å². The number of ether oxygens (including phenoxy) is 1. The Hall–Kier alpha value is -2.24. The minimum Gasteiger partial charge on any atom is -0.497 e. The average Bonchev–Trinajstić information content (AvgIpc) is 2.91. The molecule has 6 heteroatoms. The van der Waals surface area contributed by atoms with Gasteiger partial charge in [0.2, 0.25) is 0 Å². The second-order valence-corrected chi connectivity index (χ2v) is 4.30. The van der Waals surface area contributed by atoms with E-state index in [1.165, 1.54) is 0 Å². The van der Waals surface area contributed by atoms with Gasteiger partial charge in [0.05, 0.1) is 19.7 Å². The minimum absolute atomic E-state index is 0.0351. The standard InChI is InChI=1S/C13H19N5O/c1-9(10-3-5-11(19-2)6-4-10)17-12(14)18-13-15-7-8-16-13/h3-6,9H,7-8H2,1-2H3,(H4,14,15,16,17,18). The lowest BCUT2D eigenvalue weighted by molar-refractivity contribution is 0.414. The predicted octanol–water partition coefficient (Wildman–Crippen LogP) is 0.829. The summed E-state index contributed by atoms with van der Waals surface area (Å²) in [5.41, 5.74) is 1.09. The van der Waals surface area contributed by atoms with Crippen LogP contribution in [0.1, 0.15) is 18.5 Å². The molecular formula is C13H19N5O. The first-order valence-electron chi connectivity index (χ1n) is 6.23. The summed E-state index contributed by atoms with van der Waals surface area (Å²) in [6.45, 7) is 3.58.